The van der Waals surface area contributed by atoms with E-state index in [1.54, 1.807) is 6.07 Å². The summed E-state index contributed by atoms with van der Waals surface area (Å²) in [7, 11) is 0. The number of rotatable bonds is 4. The number of hydrogen-bond donors (Lipinski definition) is 0. The normalized spacial score (nSPS) is 16.0. The van der Waals surface area contributed by atoms with Crippen LogP contribution in [0.4, 0.5) is 0 Å². The number of halogens is 1. The minimum atomic E-state index is 0.111. The van der Waals surface area contributed by atoms with Crippen molar-refractivity contribution >= 4 is 28.8 Å². The van der Waals surface area contributed by atoms with Crippen molar-refractivity contribution in [2.45, 2.75) is 6.42 Å². The number of nitrogens with zero attached hydrogens (tertiary/aromatic N) is 2. The van der Waals surface area contributed by atoms with E-state index in [0.717, 1.165) is 44.0 Å². The van der Waals surface area contributed by atoms with E-state index < -0.39 is 0 Å². The molecule has 0 radical (unpaired) electrons. The number of benzene rings is 1. The van der Waals surface area contributed by atoms with Crippen LogP contribution >= 0.6 is 22.9 Å². The van der Waals surface area contributed by atoms with Crippen LogP contribution in [-0.2, 0) is 6.42 Å². The first-order valence-corrected chi connectivity index (χ1v) is 8.73. The third kappa shape index (κ3) is 3.88. The standard InChI is InChI=1S/C17H19ClN2OS/c18-16-7-6-15(22-16)17(21)20-12-10-19(11-13-20)9-8-14-4-2-1-3-5-14/h1-7H,8-13H2. The molecule has 0 bridgehead atoms. The van der Waals surface area contributed by atoms with Crippen LogP contribution in [-0.4, -0.2) is 48.4 Å². The number of piperazine rings is 1. The Morgan fingerprint density at radius 3 is 2.41 bits per heavy atom. The maximum atomic E-state index is 12.4. The van der Waals surface area contributed by atoms with Gasteiger partial charge in [0.25, 0.3) is 5.91 Å². The first-order valence-electron chi connectivity index (χ1n) is 7.53. The van der Waals surface area contributed by atoms with Crippen LogP contribution < -0.4 is 0 Å². The van der Waals surface area contributed by atoms with Gasteiger partial charge >= 0.3 is 0 Å². The zero-order chi connectivity index (χ0) is 15.4. The predicted molar refractivity (Wildman–Crippen MR) is 91.8 cm³/mol. The topological polar surface area (TPSA) is 23.6 Å². The van der Waals surface area contributed by atoms with Gasteiger partial charge in [-0.1, -0.05) is 41.9 Å². The molecule has 1 aromatic carbocycles. The summed E-state index contributed by atoms with van der Waals surface area (Å²) in [5, 5.41) is 0. The van der Waals surface area contributed by atoms with E-state index >= 15 is 0 Å². The van der Waals surface area contributed by atoms with Crippen molar-refractivity contribution in [2.24, 2.45) is 0 Å². The van der Waals surface area contributed by atoms with E-state index in [0.29, 0.717) is 4.34 Å². The van der Waals surface area contributed by atoms with Crippen LogP contribution in [0.2, 0.25) is 4.34 Å². The molecule has 1 amide bonds. The molecule has 1 aliphatic heterocycles. The second-order valence-corrected chi connectivity index (χ2v) is 7.19. The number of carbonyl (C=O) groups excluding carboxylic acids is 1. The monoisotopic (exact) mass is 334 g/mol. The summed E-state index contributed by atoms with van der Waals surface area (Å²) in [6.07, 6.45) is 1.06. The van der Waals surface area contributed by atoms with E-state index in [1.807, 2.05) is 17.0 Å². The summed E-state index contributed by atoms with van der Waals surface area (Å²) in [5.74, 6) is 0.111. The highest BCUT2D eigenvalue weighted by Gasteiger charge is 2.22. The Morgan fingerprint density at radius 2 is 1.77 bits per heavy atom. The van der Waals surface area contributed by atoms with Crippen molar-refractivity contribution in [2.75, 3.05) is 32.7 Å². The van der Waals surface area contributed by atoms with Gasteiger partial charge in [0, 0.05) is 32.7 Å². The molecule has 22 heavy (non-hydrogen) atoms. The largest absolute Gasteiger partial charge is 0.335 e. The molecule has 0 spiro atoms. The summed E-state index contributed by atoms with van der Waals surface area (Å²) < 4.78 is 0.671. The second kappa shape index (κ2) is 7.27. The van der Waals surface area contributed by atoms with Crippen LogP contribution in [0.5, 0.6) is 0 Å². The Balaban J connectivity index is 1.47. The lowest BCUT2D eigenvalue weighted by Gasteiger charge is -2.34. The van der Waals surface area contributed by atoms with Crippen molar-refractivity contribution in [3.63, 3.8) is 0 Å². The highest BCUT2D eigenvalue weighted by molar-refractivity contribution is 7.17. The molecule has 0 N–H and O–H groups in total. The van der Waals surface area contributed by atoms with Gasteiger partial charge in [-0.15, -0.1) is 11.3 Å². The van der Waals surface area contributed by atoms with Gasteiger partial charge in [0.2, 0.25) is 0 Å². The van der Waals surface area contributed by atoms with Gasteiger partial charge in [-0.05, 0) is 24.1 Å². The average molecular weight is 335 g/mol. The minimum absolute atomic E-state index is 0.111. The fraction of sp³-hybridized carbons (Fsp3) is 0.353. The van der Waals surface area contributed by atoms with Gasteiger partial charge in [0.1, 0.15) is 0 Å². The Bertz CT molecular complexity index is 621. The van der Waals surface area contributed by atoms with Gasteiger partial charge in [0.15, 0.2) is 0 Å². The highest BCUT2D eigenvalue weighted by Crippen LogP contribution is 2.23. The number of carbonyl (C=O) groups is 1. The summed E-state index contributed by atoms with van der Waals surface area (Å²) in [6.45, 7) is 4.53. The van der Waals surface area contributed by atoms with Crippen LogP contribution in [0.25, 0.3) is 0 Å². The predicted octanol–water partition coefficient (Wildman–Crippen LogP) is 3.40. The quantitative estimate of drug-likeness (QED) is 0.855. The Morgan fingerprint density at radius 1 is 1.05 bits per heavy atom. The van der Waals surface area contributed by atoms with Crippen molar-refractivity contribution in [1.29, 1.82) is 0 Å². The Kier molecular flexibility index (Phi) is 5.13. The van der Waals surface area contributed by atoms with Crippen LogP contribution in [0.15, 0.2) is 42.5 Å². The molecule has 2 heterocycles. The van der Waals surface area contributed by atoms with Gasteiger partial charge in [-0.3, -0.25) is 9.69 Å². The number of amides is 1. The zero-order valence-corrected chi connectivity index (χ0v) is 13.9. The van der Waals surface area contributed by atoms with Gasteiger partial charge in [0.05, 0.1) is 9.21 Å². The summed E-state index contributed by atoms with van der Waals surface area (Å²) in [6, 6.07) is 14.1. The van der Waals surface area contributed by atoms with Gasteiger partial charge in [-0.25, -0.2) is 0 Å². The summed E-state index contributed by atoms with van der Waals surface area (Å²) in [4.78, 5) is 17.5. The van der Waals surface area contributed by atoms with Crippen LogP contribution in [0.1, 0.15) is 15.2 Å². The summed E-state index contributed by atoms with van der Waals surface area (Å²) >= 11 is 7.26. The Labute approximate surface area is 140 Å². The molecule has 0 unspecified atom stereocenters. The molecule has 0 atom stereocenters. The van der Waals surface area contributed by atoms with E-state index in [4.69, 9.17) is 11.6 Å². The van der Waals surface area contributed by atoms with E-state index in [2.05, 4.69) is 29.2 Å². The van der Waals surface area contributed by atoms with Crippen molar-refractivity contribution < 1.29 is 4.79 Å². The van der Waals surface area contributed by atoms with E-state index in [9.17, 15) is 4.79 Å². The molecule has 3 nitrogen and oxygen atoms in total. The molecule has 1 fully saturated rings. The van der Waals surface area contributed by atoms with E-state index in [-0.39, 0.29) is 5.91 Å². The minimum Gasteiger partial charge on any atom is -0.335 e. The molecule has 1 saturated heterocycles. The molecule has 1 aromatic heterocycles. The maximum Gasteiger partial charge on any atom is 0.264 e. The van der Waals surface area contributed by atoms with Crippen molar-refractivity contribution in [1.82, 2.24) is 9.80 Å². The van der Waals surface area contributed by atoms with E-state index in [1.165, 1.54) is 16.9 Å². The molecule has 2 aromatic rings. The number of thiophene rings is 1. The van der Waals surface area contributed by atoms with Crippen LogP contribution in [0, 0.1) is 0 Å². The summed E-state index contributed by atoms with van der Waals surface area (Å²) in [5.41, 5.74) is 1.37. The molecule has 3 rings (SSSR count). The fourth-order valence-electron chi connectivity index (χ4n) is 2.69. The third-order valence-electron chi connectivity index (χ3n) is 4.00. The molecule has 0 aliphatic carbocycles. The average Bonchev–Trinajstić information content (AvgIpc) is 3.00. The molecule has 0 saturated carbocycles. The van der Waals surface area contributed by atoms with Gasteiger partial charge < -0.3 is 4.90 Å². The zero-order valence-electron chi connectivity index (χ0n) is 12.4. The molecule has 116 valence electrons. The lowest BCUT2D eigenvalue weighted by molar-refractivity contribution is 0.0643. The third-order valence-corrected chi connectivity index (χ3v) is 5.22. The second-order valence-electron chi connectivity index (χ2n) is 5.47. The molecule has 1 aliphatic rings. The first kappa shape index (κ1) is 15.5. The molecular formula is C17H19ClN2OS. The maximum absolute atomic E-state index is 12.4. The highest BCUT2D eigenvalue weighted by atomic mass is 35.5. The fourth-order valence-corrected chi connectivity index (χ4v) is 3.70. The molecular weight excluding hydrogens is 316 g/mol. The lowest BCUT2D eigenvalue weighted by atomic mass is 10.1. The molecule has 5 heteroatoms. The Hall–Kier alpha value is -1.36. The first-order chi connectivity index (χ1) is 10.7. The van der Waals surface area contributed by atoms with Crippen LogP contribution in [0.3, 0.4) is 0 Å². The van der Waals surface area contributed by atoms with Crippen molar-refractivity contribution in [3.05, 3.63) is 57.2 Å². The SMILES string of the molecule is O=C(c1ccc(Cl)s1)N1CCN(CCc2ccccc2)CC1. The van der Waals surface area contributed by atoms with Crippen molar-refractivity contribution in [3.8, 4) is 0 Å². The van der Waals surface area contributed by atoms with Gasteiger partial charge in [-0.2, -0.15) is 0 Å². The smallest absolute Gasteiger partial charge is 0.264 e. The lowest BCUT2D eigenvalue weighted by Crippen LogP contribution is -2.48. The number of hydrogen-bond acceptors (Lipinski definition) is 3.